The number of hydrogen-bond acceptors (Lipinski definition) is 7. The molecule has 0 amide bonds. The van der Waals surface area contributed by atoms with E-state index < -0.39 is 0 Å². The van der Waals surface area contributed by atoms with Gasteiger partial charge in [-0.2, -0.15) is 0 Å². The van der Waals surface area contributed by atoms with Gasteiger partial charge in [-0.3, -0.25) is 9.80 Å². The van der Waals surface area contributed by atoms with Crippen molar-refractivity contribution in [1.29, 1.82) is 0 Å². The summed E-state index contributed by atoms with van der Waals surface area (Å²) in [5.41, 5.74) is 0.296. The van der Waals surface area contributed by atoms with E-state index in [9.17, 15) is 10.2 Å². The van der Waals surface area contributed by atoms with Crippen LogP contribution in [0.25, 0.3) is 0 Å². The Morgan fingerprint density at radius 3 is 1.37 bits per heavy atom. The minimum absolute atomic E-state index is 0.105. The Labute approximate surface area is 181 Å². The molecule has 0 bridgehead atoms. The second-order valence-corrected chi connectivity index (χ2v) is 10.7. The van der Waals surface area contributed by atoms with Crippen molar-refractivity contribution < 1.29 is 14.9 Å². The van der Waals surface area contributed by atoms with Crippen LogP contribution in [0.1, 0.15) is 38.5 Å². The smallest absolute Gasteiger partial charge is 0.0695 e. The molecule has 7 nitrogen and oxygen atoms in total. The molecule has 2 aliphatic carbocycles. The van der Waals surface area contributed by atoms with Gasteiger partial charge in [0, 0.05) is 82.9 Å². The molecule has 2 N–H and O–H groups in total. The number of hydrogen-bond donors (Lipinski definition) is 2. The lowest BCUT2D eigenvalue weighted by Crippen LogP contribution is -2.62. The Balaban J connectivity index is 1.08. The second-order valence-electron chi connectivity index (χ2n) is 10.7. The molecule has 0 radical (unpaired) electrons. The summed E-state index contributed by atoms with van der Waals surface area (Å²) in [4.78, 5) is 10.4. The van der Waals surface area contributed by atoms with Crippen molar-refractivity contribution in [3.8, 4) is 0 Å². The van der Waals surface area contributed by atoms with Crippen LogP contribution in [0, 0.1) is 5.41 Å². The van der Waals surface area contributed by atoms with Gasteiger partial charge in [0.25, 0.3) is 0 Å². The predicted molar refractivity (Wildman–Crippen MR) is 117 cm³/mol. The van der Waals surface area contributed by atoms with Crippen molar-refractivity contribution in [2.75, 3.05) is 78.7 Å². The van der Waals surface area contributed by atoms with E-state index in [0.717, 1.165) is 91.5 Å². The number of aliphatic hydroxyl groups excluding tert-OH is 2. The third-order valence-electron chi connectivity index (χ3n) is 8.57. The third kappa shape index (κ3) is 4.58. The fraction of sp³-hybridized carbons (Fsp3) is 1.00. The van der Waals surface area contributed by atoms with E-state index in [1.807, 2.05) is 0 Å². The summed E-state index contributed by atoms with van der Waals surface area (Å²) in [7, 11) is 0. The average molecular weight is 423 g/mol. The van der Waals surface area contributed by atoms with Crippen molar-refractivity contribution in [1.82, 2.24) is 19.6 Å². The van der Waals surface area contributed by atoms with E-state index in [1.165, 1.54) is 25.7 Å². The van der Waals surface area contributed by atoms with Crippen molar-refractivity contribution in [2.45, 2.75) is 62.8 Å². The Morgan fingerprint density at radius 1 is 0.633 bits per heavy atom. The van der Waals surface area contributed by atoms with Crippen LogP contribution in [-0.2, 0) is 4.74 Å². The summed E-state index contributed by atoms with van der Waals surface area (Å²) in [5, 5.41) is 20.5. The Hall–Kier alpha value is -0.280. The fourth-order valence-electron chi connectivity index (χ4n) is 6.77. The molecule has 0 aromatic heterocycles. The fourth-order valence-corrected chi connectivity index (χ4v) is 6.77. The number of rotatable bonds is 6. The van der Waals surface area contributed by atoms with E-state index in [2.05, 4.69) is 19.6 Å². The number of piperazine rings is 2. The largest absolute Gasteiger partial charge is 0.391 e. The number of ether oxygens (including phenoxy) is 1. The van der Waals surface area contributed by atoms with Crippen LogP contribution in [0.2, 0.25) is 0 Å². The zero-order chi connectivity index (χ0) is 20.6. The molecule has 5 aliphatic rings. The molecule has 4 unspecified atom stereocenters. The molecule has 5 rings (SSSR count). The predicted octanol–water partition coefficient (Wildman–Crippen LogP) is 0.0650. The van der Waals surface area contributed by atoms with Crippen molar-refractivity contribution in [2.24, 2.45) is 5.41 Å². The summed E-state index contributed by atoms with van der Waals surface area (Å²) in [6.45, 7) is 13.0. The van der Waals surface area contributed by atoms with Crippen LogP contribution in [0.15, 0.2) is 0 Å². The first kappa shape index (κ1) is 21.6. The van der Waals surface area contributed by atoms with Crippen LogP contribution in [0.4, 0.5) is 0 Å². The van der Waals surface area contributed by atoms with Gasteiger partial charge in [0.15, 0.2) is 0 Å². The Morgan fingerprint density at radius 2 is 1.07 bits per heavy atom. The SMILES string of the molecule is OC1CCCC1N1CCN(CC2(CN3CCN(C4CCCC4O)CC3)COC2)CC1. The molecular formula is C23H42N4O3. The van der Waals surface area contributed by atoms with Crippen LogP contribution in [0.3, 0.4) is 0 Å². The van der Waals surface area contributed by atoms with Gasteiger partial charge >= 0.3 is 0 Å². The van der Waals surface area contributed by atoms with E-state index in [-0.39, 0.29) is 12.2 Å². The molecule has 3 saturated heterocycles. The highest BCUT2D eigenvalue weighted by atomic mass is 16.5. The van der Waals surface area contributed by atoms with Gasteiger partial charge in [0.1, 0.15) is 0 Å². The van der Waals surface area contributed by atoms with Crippen LogP contribution >= 0.6 is 0 Å². The molecule has 4 atom stereocenters. The normalized spacial score (nSPS) is 39.4. The second kappa shape index (κ2) is 9.30. The maximum absolute atomic E-state index is 10.2. The molecular weight excluding hydrogens is 380 g/mol. The highest BCUT2D eigenvalue weighted by molar-refractivity contribution is 4.95. The zero-order valence-electron chi connectivity index (χ0n) is 18.6. The van der Waals surface area contributed by atoms with E-state index in [4.69, 9.17) is 4.74 Å². The van der Waals surface area contributed by atoms with Crippen molar-refractivity contribution in [3.63, 3.8) is 0 Å². The summed E-state index contributed by atoms with van der Waals surface area (Å²) in [6, 6.07) is 0.811. The van der Waals surface area contributed by atoms with Crippen LogP contribution in [0.5, 0.6) is 0 Å². The minimum atomic E-state index is -0.105. The van der Waals surface area contributed by atoms with Gasteiger partial charge in [0.05, 0.1) is 25.4 Å². The first-order valence-electron chi connectivity index (χ1n) is 12.5. The van der Waals surface area contributed by atoms with E-state index >= 15 is 0 Å². The lowest BCUT2D eigenvalue weighted by molar-refractivity contribution is -0.145. The molecule has 2 saturated carbocycles. The maximum Gasteiger partial charge on any atom is 0.0695 e. The first-order chi connectivity index (χ1) is 14.6. The molecule has 3 heterocycles. The zero-order valence-corrected chi connectivity index (χ0v) is 18.6. The molecule has 0 spiro atoms. The molecule has 3 aliphatic heterocycles. The standard InChI is InChI=1S/C23H42N4O3/c28-21-5-1-3-19(21)26-11-7-24(8-12-26)15-23(17-30-18-23)16-25-9-13-27(14-10-25)20-4-2-6-22(20)29/h19-22,28-29H,1-18H2. The van der Waals surface area contributed by atoms with Crippen molar-refractivity contribution in [3.05, 3.63) is 0 Å². The first-order valence-corrected chi connectivity index (χ1v) is 12.5. The average Bonchev–Trinajstić information content (AvgIpc) is 3.35. The van der Waals surface area contributed by atoms with Crippen LogP contribution in [-0.4, -0.2) is 133 Å². The summed E-state index contributed by atoms with van der Waals surface area (Å²) < 4.78 is 5.71. The van der Waals surface area contributed by atoms with E-state index in [1.54, 1.807) is 0 Å². The summed E-state index contributed by atoms with van der Waals surface area (Å²) in [5.74, 6) is 0. The van der Waals surface area contributed by atoms with Gasteiger partial charge in [-0.1, -0.05) is 0 Å². The molecule has 5 fully saturated rings. The van der Waals surface area contributed by atoms with Gasteiger partial charge in [-0.15, -0.1) is 0 Å². The molecule has 0 aromatic carbocycles. The van der Waals surface area contributed by atoms with Gasteiger partial charge in [-0.05, 0) is 38.5 Å². The van der Waals surface area contributed by atoms with Gasteiger partial charge < -0.3 is 24.7 Å². The van der Waals surface area contributed by atoms with Gasteiger partial charge in [-0.25, -0.2) is 0 Å². The molecule has 7 heteroatoms. The Kier molecular flexibility index (Phi) is 6.68. The maximum atomic E-state index is 10.2. The molecule has 30 heavy (non-hydrogen) atoms. The highest BCUT2D eigenvalue weighted by Crippen LogP contribution is 2.32. The topological polar surface area (TPSA) is 62.7 Å². The highest BCUT2D eigenvalue weighted by Gasteiger charge is 2.43. The molecule has 172 valence electrons. The number of nitrogens with zero attached hydrogens (tertiary/aromatic N) is 4. The lowest BCUT2D eigenvalue weighted by atomic mass is 9.84. The molecule has 0 aromatic rings. The quantitative estimate of drug-likeness (QED) is 0.628. The third-order valence-corrected chi connectivity index (χ3v) is 8.57. The van der Waals surface area contributed by atoms with Gasteiger partial charge in [0.2, 0.25) is 0 Å². The monoisotopic (exact) mass is 422 g/mol. The van der Waals surface area contributed by atoms with Crippen LogP contribution < -0.4 is 0 Å². The Bertz CT molecular complexity index is 515. The summed E-state index contributed by atoms with van der Waals surface area (Å²) in [6.07, 6.45) is 6.46. The van der Waals surface area contributed by atoms with Crippen molar-refractivity contribution >= 4 is 0 Å². The number of aliphatic hydroxyl groups is 2. The minimum Gasteiger partial charge on any atom is -0.391 e. The lowest BCUT2D eigenvalue weighted by Gasteiger charge is -2.50. The van der Waals surface area contributed by atoms with E-state index in [0.29, 0.717) is 17.5 Å². The summed E-state index contributed by atoms with van der Waals surface area (Å²) >= 11 is 0.